The summed E-state index contributed by atoms with van der Waals surface area (Å²) in [5.41, 5.74) is 4.02. The SMILES string of the molecule is C=CCN1C(C)=C(C(=O)OC)c2ccc(OC)cc2C1C#Cc1ccccc1. The van der Waals surface area contributed by atoms with Gasteiger partial charge in [-0.05, 0) is 48.4 Å². The molecule has 1 aliphatic rings. The van der Waals surface area contributed by atoms with Crippen molar-refractivity contribution in [3.8, 4) is 17.6 Å². The number of methoxy groups -OCH3 is 2. The first kappa shape index (κ1) is 19.3. The minimum atomic E-state index is -0.368. The fourth-order valence-corrected chi connectivity index (χ4v) is 3.39. The van der Waals surface area contributed by atoms with Gasteiger partial charge in [0.05, 0.1) is 19.8 Å². The van der Waals surface area contributed by atoms with Crippen LogP contribution in [0.5, 0.6) is 5.75 Å². The van der Waals surface area contributed by atoms with E-state index in [9.17, 15) is 4.79 Å². The Kier molecular flexibility index (Phi) is 5.86. The Hall–Kier alpha value is -3.45. The van der Waals surface area contributed by atoms with E-state index in [1.54, 1.807) is 13.2 Å². The van der Waals surface area contributed by atoms with Gasteiger partial charge in [-0.3, -0.25) is 0 Å². The second-order valence-corrected chi connectivity index (χ2v) is 6.38. The predicted octanol–water partition coefficient (Wildman–Crippen LogP) is 4.19. The van der Waals surface area contributed by atoms with Crippen LogP contribution in [-0.2, 0) is 9.53 Å². The molecule has 0 N–H and O–H groups in total. The molecule has 0 aliphatic carbocycles. The Morgan fingerprint density at radius 3 is 2.61 bits per heavy atom. The molecule has 1 unspecified atom stereocenters. The monoisotopic (exact) mass is 373 g/mol. The lowest BCUT2D eigenvalue weighted by Crippen LogP contribution is -2.33. The molecule has 2 aromatic rings. The van der Waals surface area contributed by atoms with Crippen LogP contribution in [0.2, 0.25) is 0 Å². The number of fused-ring (bicyclic) bond motifs is 1. The van der Waals surface area contributed by atoms with Gasteiger partial charge in [0.2, 0.25) is 0 Å². The van der Waals surface area contributed by atoms with Gasteiger partial charge in [0.1, 0.15) is 11.8 Å². The molecule has 2 aromatic carbocycles. The van der Waals surface area contributed by atoms with E-state index < -0.39 is 0 Å². The summed E-state index contributed by atoms with van der Waals surface area (Å²) in [6.45, 7) is 6.34. The van der Waals surface area contributed by atoms with Crippen LogP contribution in [0.25, 0.3) is 5.57 Å². The number of ether oxygens (including phenoxy) is 2. The number of nitrogens with zero attached hydrogens (tertiary/aromatic N) is 1. The molecule has 0 amide bonds. The highest BCUT2D eigenvalue weighted by Crippen LogP contribution is 2.40. The molecule has 0 radical (unpaired) electrons. The normalized spacial score (nSPS) is 15.2. The maximum Gasteiger partial charge on any atom is 0.340 e. The summed E-state index contributed by atoms with van der Waals surface area (Å²) in [6.07, 6.45) is 1.81. The van der Waals surface area contributed by atoms with Gasteiger partial charge in [-0.2, -0.15) is 0 Å². The molecule has 28 heavy (non-hydrogen) atoms. The van der Waals surface area contributed by atoms with Crippen molar-refractivity contribution >= 4 is 11.5 Å². The Balaban J connectivity index is 2.21. The highest BCUT2D eigenvalue weighted by molar-refractivity contribution is 6.18. The largest absolute Gasteiger partial charge is 0.497 e. The van der Waals surface area contributed by atoms with Crippen molar-refractivity contribution in [3.63, 3.8) is 0 Å². The van der Waals surface area contributed by atoms with Gasteiger partial charge in [0.15, 0.2) is 0 Å². The van der Waals surface area contributed by atoms with E-state index in [2.05, 4.69) is 23.3 Å². The van der Waals surface area contributed by atoms with Gasteiger partial charge in [0, 0.05) is 17.8 Å². The van der Waals surface area contributed by atoms with Crippen molar-refractivity contribution in [3.05, 3.63) is 83.6 Å². The maximum absolute atomic E-state index is 12.5. The van der Waals surface area contributed by atoms with Crippen LogP contribution in [0.3, 0.4) is 0 Å². The van der Waals surface area contributed by atoms with Gasteiger partial charge < -0.3 is 14.4 Å². The molecule has 0 saturated carbocycles. The van der Waals surface area contributed by atoms with Gasteiger partial charge in [-0.15, -0.1) is 6.58 Å². The third-order valence-corrected chi connectivity index (χ3v) is 4.77. The first-order chi connectivity index (χ1) is 13.6. The Bertz CT molecular complexity index is 980. The van der Waals surface area contributed by atoms with Crippen molar-refractivity contribution in [2.75, 3.05) is 20.8 Å². The summed E-state index contributed by atoms with van der Waals surface area (Å²) in [6, 6.07) is 15.3. The minimum Gasteiger partial charge on any atom is -0.497 e. The van der Waals surface area contributed by atoms with E-state index in [0.717, 1.165) is 22.4 Å². The third kappa shape index (κ3) is 3.65. The number of benzene rings is 2. The first-order valence-corrected chi connectivity index (χ1v) is 9.02. The van der Waals surface area contributed by atoms with Gasteiger partial charge in [-0.25, -0.2) is 4.79 Å². The van der Waals surface area contributed by atoms with E-state index in [1.165, 1.54) is 7.11 Å². The van der Waals surface area contributed by atoms with E-state index >= 15 is 0 Å². The summed E-state index contributed by atoms with van der Waals surface area (Å²) < 4.78 is 10.5. The lowest BCUT2D eigenvalue weighted by molar-refractivity contribution is -0.133. The number of esters is 1. The minimum absolute atomic E-state index is 0.239. The summed E-state index contributed by atoms with van der Waals surface area (Å²) in [4.78, 5) is 14.6. The highest BCUT2D eigenvalue weighted by atomic mass is 16.5. The molecular weight excluding hydrogens is 350 g/mol. The molecule has 4 heteroatoms. The molecular formula is C24H23NO3. The fourth-order valence-electron chi connectivity index (χ4n) is 3.39. The first-order valence-electron chi connectivity index (χ1n) is 9.02. The topological polar surface area (TPSA) is 38.8 Å². The predicted molar refractivity (Wildman–Crippen MR) is 111 cm³/mol. The van der Waals surface area contributed by atoms with Crippen LogP contribution in [0.4, 0.5) is 0 Å². The smallest absolute Gasteiger partial charge is 0.340 e. The van der Waals surface area contributed by atoms with Gasteiger partial charge in [0.25, 0.3) is 0 Å². The molecule has 0 saturated heterocycles. The van der Waals surface area contributed by atoms with Gasteiger partial charge in [-0.1, -0.05) is 36.1 Å². The zero-order chi connectivity index (χ0) is 20.1. The molecule has 0 bridgehead atoms. The van der Waals surface area contributed by atoms with E-state index in [-0.39, 0.29) is 12.0 Å². The molecule has 1 atom stereocenters. The molecule has 142 valence electrons. The van der Waals surface area contributed by atoms with Crippen molar-refractivity contribution in [1.82, 2.24) is 4.90 Å². The van der Waals surface area contributed by atoms with Crippen LogP contribution < -0.4 is 4.74 Å². The Morgan fingerprint density at radius 1 is 1.21 bits per heavy atom. The molecule has 0 aromatic heterocycles. The summed E-state index contributed by atoms with van der Waals surface area (Å²) in [7, 11) is 3.02. The molecule has 1 heterocycles. The highest BCUT2D eigenvalue weighted by Gasteiger charge is 2.33. The number of rotatable bonds is 4. The average Bonchev–Trinajstić information content (AvgIpc) is 2.73. The molecule has 3 rings (SSSR count). The average molecular weight is 373 g/mol. The number of carbonyl (C=O) groups excluding carboxylic acids is 1. The van der Waals surface area contributed by atoms with Crippen LogP contribution in [0.1, 0.15) is 29.7 Å². The van der Waals surface area contributed by atoms with E-state index in [1.807, 2.05) is 55.5 Å². The Morgan fingerprint density at radius 2 is 1.96 bits per heavy atom. The number of carbonyl (C=O) groups is 1. The quantitative estimate of drug-likeness (QED) is 0.458. The number of hydrogen-bond acceptors (Lipinski definition) is 4. The molecule has 1 aliphatic heterocycles. The second kappa shape index (κ2) is 8.49. The number of allylic oxidation sites excluding steroid dienone is 1. The standard InChI is InChI=1S/C24H23NO3/c1-5-15-25-17(2)23(24(26)28-4)20-13-12-19(27-3)16-21(20)22(25)14-11-18-9-7-6-8-10-18/h5-10,12-13,16,22H,1,15H2,2-4H3. The molecule has 0 fully saturated rings. The van der Waals surface area contributed by atoms with Crippen molar-refractivity contribution in [2.24, 2.45) is 0 Å². The van der Waals surface area contributed by atoms with E-state index in [4.69, 9.17) is 9.47 Å². The zero-order valence-corrected chi connectivity index (χ0v) is 16.4. The molecule has 4 nitrogen and oxygen atoms in total. The van der Waals surface area contributed by atoms with Crippen LogP contribution in [0, 0.1) is 11.8 Å². The van der Waals surface area contributed by atoms with Crippen LogP contribution in [0.15, 0.2) is 66.9 Å². The Labute approximate surface area is 166 Å². The third-order valence-electron chi connectivity index (χ3n) is 4.77. The van der Waals surface area contributed by atoms with Crippen molar-refractivity contribution in [2.45, 2.75) is 13.0 Å². The summed E-state index contributed by atoms with van der Waals surface area (Å²) in [5.74, 6) is 6.98. The lowest BCUT2D eigenvalue weighted by Gasteiger charge is -2.37. The summed E-state index contributed by atoms with van der Waals surface area (Å²) in [5, 5.41) is 0. The molecule has 0 spiro atoms. The van der Waals surface area contributed by atoms with Crippen LogP contribution in [-0.4, -0.2) is 31.6 Å². The maximum atomic E-state index is 12.5. The van der Waals surface area contributed by atoms with Crippen molar-refractivity contribution in [1.29, 1.82) is 0 Å². The van der Waals surface area contributed by atoms with E-state index in [0.29, 0.717) is 17.9 Å². The fraction of sp³-hybridized carbons (Fsp3) is 0.208. The van der Waals surface area contributed by atoms with Crippen LogP contribution >= 0.6 is 0 Å². The second-order valence-electron chi connectivity index (χ2n) is 6.38. The zero-order valence-electron chi connectivity index (χ0n) is 16.4. The number of hydrogen-bond donors (Lipinski definition) is 0. The summed E-state index contributed by atoms with van der Waals surface area (Å²) >= 11 is 0. The van der Waals surface area contributed by atoms with Crippen molar-refractivity contribution < 1.29 is 14.3 Å². The lowest BCUT2D eigenvalue weighted by atomic mass is 9.88. The van der Waals surface area contributed by atoms with Gasteiger partial charge >= 0.3 is 5.97 Å².